The maximum Gasteiger partial charge on any atom is 0.263 e. The molecule has 1 N–H and O–H groups in total. The number of hydrogen-bond acceptors (Lipinski definition) is 6. The Morgan fingerprint density at radius 2 is 1.91 bits per heavy atom. The molecule has 0 bridgehead atoms. The molecule has 0 aliphatic rings. The Labute approximate surface area is 203 Å². The summed E-state index contributed by atoms with van der Waals surface area (Å²) in [5, 5.41) is 12.3. The quantitative estimate of drug-likeness (QED) is 0.261. The smallest absolute Gasteiger partial charge is 0.263 e. The fourth-order valence-corrected chi connectivity index (χ4v) is 4.50. The number of thioether (sulfide) groups is 1. The van der Waals surface area contributed by atoms with Crippen molar-refractivity contribution in [3.63, 3.8) is 0 Å². The summed E-state index contributed by atoms with van der Waals surface area (Å²) in [5.41, 5.74) is 1.25. The van der Waals surface area contributed by atoms with Gasteiger partial charge in [0.2, 0.25) is 11.7 Å². The van der Waals surface area contributed by atoms with Crippen LogP contribution in [0, 0.1) is 5.82 Å². The predicted octanol–water partition coefficient (Wildman–Crippen LogP) is 4.04. The largest absolute Gasteiger partial charge is 0.459 e. The highest BCUT2D eigenvalue weighted by Gasteiger charge is 2.17. The Balaban J connectivity index is 1.29. The molecule has 0 aliphatic carbocycles. The highest BCUT2D eigenvalue weighted by atomic mass is 32.2. The normalized spacial score (nSPS) is 11.2. The van der Waals surface area contributed by atoms with Gasteiger partial charge in [0.1, 0.15) is 17.3 Å². The van der Waals surface area contributed by atoms with Crippen LogP contribution in [0.5, 0.6) is 0 Å². The van der Waals surface area contributed by atoms with Crippen molar-refractivity contribution >= 4 is 34.3 Å². The lowest BCUT2D eigenvalue weighted by Crippen LogP contribution is -2.24. The van der Waals surface area contributed by atoms with Crippen LogP contribution in [-0.4, -0.2) is 30.8 Å². The van der Waals surface area contributed by atoms with Gasteiger partial charge in [0, 0.05) is 12.1 Å². The summed E-state index contributed by atoms with van der Waals surface area (Å²) in [7, 11) is 0. The second-order valence-electron chi connectivity index (χ2n) is 7.68. The molecule has 2 aromatic carbocycles. The maximum absolute atomic E-state index is 13.1. The Morgan fingerprint density at radius 1 is 1.11 bits per heavy atom. The minimum absolute atomic E-state index is 0.0984. The van der Waals surface area contributed by atoms with Crippen LogP contribution in [0.3, 0.4) is 0 Å². The van der Waals surface area contributed by atoms with Gasteiger partial charge in [0.15, 0.2) is 5.16 Å². The van der Waals surface area contributed by atoms with Crippen molar-refractivity contribution in [1.29, 1.82) is 0 Å². The van der Waals surface area contributed by atoms with E-state index in [1.165, 1.54) is 28.5 Å². The average molecular weight is 490 g/mol. The Kier molecular flexibility index (Phi) is 6.19. The summed E-state index contributed by atoms with van der Waals surface area (Å²) in [4.78, 5) is 25.4. The molecule has 0 aliphatic heterocycles. The van der Waals surface area contributed by atoms with Gasteiger partial charge >= 0.3 is 0 Å². The summed E-state index contributed by atoms with van der Waals surface area (Å²) in [5.74, 6) is 1.13. The number of rotatable bonds is 8. The van der Waals surface area contributed by atoms with E-state index in [0.29, 0.717) is 39.9 Å². The average Bonchev–Trinajstić information content (AvgIpc) is 3.52. The van der Waals surface area contributed by atoms with Crippen molar-refractivity contribution in [1.82, 2.24) is 24.5 Å². The van der Waals surface area contributed by atoms with Crippen molar-refractivity contribution in [2.45, 2.75) is 18.2 Å². The molecular weight excluding hydrogens is 469 g/mol. The van der Waals surface area contributed by atoms with Crippen LogP contribution in [-0.2, 0) is 17.9 Å². The first-order valence-electron chi connectivity index (χ1n) is 10.8. The number of nitrogens with one attached hydrogen (secondary N) is 1. The molecule has 3 aromatic heterocycles. The molecule has 5 aromatic rings. The highest BCUT2D eigenvalue weighted by molar-refractivity contribution is 7.99. The van der Waals surface area contributed by atoms with Crippen molar-refractivity contribution in [2.75, 3.05) is 5.75 Å². The first-order valence-corrected chi connectivity index (χ1v) is 11.8. The second-order valence-corrected chi connectivity index (χ2v) is 8.62. The van der Waals surface area contributed by atoms with Crippen molar-refractivity contribution in [3.05, 3.63) is 95.2 Å². The molecule has 176 valence electrons. The van der Waals surface area contributed by atoms with Crippen LogP contribution in [0.15, 0.2) is 87.7 Å². The molecule has 0 radical (unpaired) electrons. The zero-order valence-electron chi connectivity index (χ0n) is 18.5. The van der Waals surface area contributed by atoms with Gasteiger partial charge in [-0.2, -0.15) is 0 Å². The molecule has 5 rings (SSSR count). The highest BCUT2D eigenvalue weighted by Crippen LogP contribution is 2.23. The van der Waals surface area contributed by atoms with E-state index in [0.717, 1.165) is 5.56 Å². The summed E-state index contributed by atoms with van der Waals surface area (Å²) < 4.78 is 22.2. The Morgan fingerprint density at radius 3 is 2.71 bits per heavy atom. The standard InChI is InChI=1S/C25H20FN5O3S/c1-2-13-30-23(33)19-5-3-4-6-20(19)31-24(30)28-29-25(31)35-15-22(32)27-14-18-11-12-21(34-18)16-7-9-17(26)10-8-16/h2-12H,1,13-15H2,(H,27,32). The van der Waals surface area contributed by atoms with Crippen LogP contribution in [0.4, 0.5) is 4.39 Å². The number of allylic oxidation sites excluding steroid dienone is 1. The van der Waals surface area contributed by atoms with E-state index >= 15 is 0 Å². The number of furan rings is 1. The molecule has 0 atom stereocenters. The van der Waals surface area contributed by atoms with Gasteiger partial charge in [0.25, 0.3) is 5.56 Å². The second kappa shape index (κ2) is 9.59. The van der Waals surface area contributed by atoms with E-state index in [4.69, 9.17) is 4.42 Å². The molecule has 0 fully saturated rings. The number of nitrogens with zero attached hydrogens (tertiary/aromatic N) is 4. The zero-order valence-corrected chi connectivity index (χ0v) is 19.3. The third-order valence-electron chi connectivity index (χ3n) is 5.37. The lowest BCUT2D eigenvalue weighted by atomic mass is 10.2. The number of amides is 1. The van der Waals surface area contributed by atoms with Gasteiger partial charge in [-0.1, -0.05) is 30.0 Å². The molecule has 35 heavy (non-hydrogen) atoms. The molecule has 1 amide bonds. The minimum atomic E-state index is -0.317. The molecular formula is C25H20FN5O3S. The monoisotopic (exact) mass is 489 g/mol. The SMILES string of the molecule is C=CCn1c(=O)c2ccccc2n2c(SCC(=O)NCc3ccc(-c4ccc(F)cc4)o3)nnc12. The zero-order chi connectivity index (χ0) is 24.4. The van der Waals surface area contributed by atoms with Gasteiger partial charge in [-0.25, -0.2) is 4.39 Å². The van der Waals surface area contributed by atoms with E-state index in [1.807, 2.05) is 12.1 Å². The number of benzene rings is 2. The van der Waals surface area contributed by atoms with E-state index < -0.39 is 0 Å². The fourth-order valence-electron chi connectivity index (χ4n) is 3.73. The van der Waals surface area contributed by atoms with Crippen LogP contribution < -0.4 is 10.9 Å². The van der Waals surface area contributed by atoms with Crippen LogP contribution in [0.1, 0.15) is 5.76 Å². The number of hydrogen-bond donors (Lipinski definition) is 1. The van der Waals surface area contributed by atoms with Crippen molar-refractivity contribution < 1.29 is 13.6 Å². The summed E-state index contributed by atoms with van der Waals surface area (Å²) in [6.07, 6.45) is 1.63. The first-order chi connectivity index (χ1) is 17.0. The predicted molar refractivity (Wildman–Crippen MR) is 132 cm³/mol. The van der Waals surface area contributed by atoms with Gasteiger partial charge in [0.05, 0.1) is 23.2 Å². The first kappa shape index (κ1) is 22.6. The Hall–Kier alpha value is -4.18. The number of carbonyl (C=O) groups is 1. The third kappa shape index (κ3) is 4.47. The van der Waals surface area contributed by atoms with Gasteiger partial charge < -0.3 is 9.73 Å². The van der Waals surface area contributed by atoms with Crippen molar-refractivity contribution in [3.8, 4) is 11.3 Å². The van der Waals surface area contributed by atoms with E-state index in [9.17, 15) is 14.0 Å². The van der Waals surface area contributed by atoms with Crippen molar-refractivity contribution in [2.24, 2.45) is 0 Å². The molecule has 0 unspecified atom stereocenters. The fraction of sp³-hybridized carbons (Fsp3) is 0.120. The topological polar surface area (TPSA) is 94.4 Å². The molecule has 0 saturated carbocycles. The molecule has 10 heteroatoms. The molecule has 0 spiro atoms. The number of aromatic nitrogens is 4. The Bertz CT molecular complexity index is 1600. The maximum atomic E-state index is 13.1. The third-order valence-corrected chi connectivity index (χ3v) is 6.30. The number of halogens is 1. The summed E-state index contributed by atoms with van der Waals surface area (Å²) in [6.45, 7) is 4.22. The lowest BCUT2D eigenvalue weighted by Gasteiger charge is -2.09. The lowest BCUT2D eigenvalue weighted by molar-refractivity contribution is -0.118. The van der Waals surface area contributed by atoms with E-state index in [-0.39, 0.29) is 29.6 Å². The van der Waals surface area contributed by atoms with Gasteiger partial charge in [-0.05, 0) is 48.5 Å². The molecule has 3 heterocycles. The van der Waals surface area contributed by atoms with Crippen LogP contribution in [0.25, 0.3) is 28.0 Å². The number of carbonyl (C=O) groups excluding carboxylic acids is 1. The molecule has 0 saturated heterocycles. The van der Waals surface area contributed by atoms with Gasteiger partial charge in [-0.15, -0.1) is 16.8 Å². The van der Waals surface area contributed by atoms with E-state index in [2.05, 4.69) is 22.1 Å². The van der Waals surface area contributed by atoms with Crippen LogP contribution in [0.2, 0.25) is 0 Å². The van der Waals surface area contributed by atoms with Gasteiger partial charge in [-0.3, -0.25) is 18.6 Å². The summed E-state index contributed by atoms with van der Waals surface area (Å²) >= 11 is 1.22. The summed E-state index contributed by atoms with van der Waals surface area (Å²) in [6, 6.07) is 16.8. The number of para-hydroxylation sites is 1. The molecule has 8 nitrogen and oxygen atoms in total. The number of fused-ring (bicyclic) bond motifs is 3. The minimum Gasteiger partial charge on any atom is -0.459 e. The van der Waals surface area contributed by atoms with E-state index in [1.54, 1.807) is 46.9 Å². The van der Waals surface area contributed by atoms with Crippen LogP contribution >= 0.6 is 11.8 Å².